The number of nitrogens with zero attached hydrogens (tertiary/aromatic N) is 3. The number of sulfonamides is 1. The van der Waals surface area contributed by atoms with Crippen LogP contribution in [0.3, 0.4) is 0 Å². The minimum Gasteiger partial charge on any atom is -0.486 e. The Labute approximate surface area is 158 Å². The van der Waals surface area contributed by atoms with Gasteiger partial charge in [-0.25, -0.2) is 8.42 Å². The fourth-order valence-electron chi connectivity index (χ4n) is 2.14. The monoisotopic (exact) mass is 406 g/mol. The standard InChI is InChI=1S/C16H14N4O5S2/c1-11-6-8-12(9-7-11)25-10-15-17-18-16(26-15)19-27(23,24)14-5-3-2-4-13(14)20(21)22/h2-9H,10H2,1H3,(H,18,19). The van der Waals surface area contributed by atoms with E-state index in [4.69, 9.17) is 4.74 Å². The summed E-state index contributed by atoms with van der Waals surface area (Å²) >= 11 is 0.984. The zero-order chi connectivity index (χ0) is 19.4. The molecule has 0 fully saturated rings. The molecule has 140 valence electrons. The van der Waals surface area contributed by atoms with E-state index in [0.29, 0.717) is 10.8 Å². The van der Waals surface area contributed by atoms with Crippen LogP contribution in [0.15, 0.2) is 53.4 Å². The van der Waals surface area contributed by atoms with Gasteiger partial charge in [-0.3, -0.25) is 14.8 Å². The number of para-hydroxylation sites is 1. The summed E-state index contributed by atoms with van der Waals surface area (Å²) in [6, 6.07) is 12.5. The lowest BCUT2D eigenvalue weighted by Gasteiger charge is -2.05. The van der Waals surface area contributed by atoms with Gasteiger partial charge in [0.15, 0.2) is 9.90 Å². The number of benzene rings is 2. The second kappa shape index (κ2) is 7.68. The number of nitro groups is 1. The second-order valence-electron chi connectivity index (χ2n) is 5.43. The topological polar surface area (TPSA) is 124 Å². The van der Waals surface area contributed by atoms with E-state index in [-0.39, 0.29) is 11.7 Å². The number of anilines is 1. The van der Waals surface area contributed by atoms with E-state index in [0.717, 1.165) is 29.0 Å². The Morgan fingerprint density at radius 2 is 1.85 bits per heavy atom. The van der Waals surface area contributed by atoms with Gasteiger partial charge in [-0.15, -0.1) is 10.2 Å². The number of aromatic nitrogens is 2. The highest BCUT2D eigenvalue weighted by Gasteiger charge is 2.26. The molecule has 0 saturated heterocycles. The first-order valence-electron chi connectivity index (χ1n) is 7.63. The molecule has 1 N–H and O–H groups in total. The first-order valence-corrected chi connectivity index (χ1v) is 9.93. The van der Waals surface area contributed by atoms with Crippen LogP contribution in [-0.2, 0) is 16.6 Å². The molecule has 3 rings (SSSR count). The molecule has 0 saturated carbocycles. The van der Waals surface area contributed by atoms with Crippen molar-refractivity contribution in [2.75, 3.05) is 4.72 Å². The van der Waals surface area contributed by atoms with Crippen LogP contribution < -0.4 is 9.46 Å². The summed E-state index contributed by atoms with van der Waals surface area (Å²) in [7, 11) is -4.17. The van der Waals surface area contributed by atoms with Crippen LogP contribution in [0.25, 0.3) is 0 Å². The van der Waals surface area contributed by atoms with E-state index < -0.39 is 25.5 Å². The predicted octanol–water partition coefficient (Wildman–Crippen LogP) is 3.13. The summed E-state index contributed by atoms with van der Waals surface area (Å²) in [6.07, 6.45) is 0. The molecule has 11 heteroatoms. The maximum absolute atomic E-state index is 12.4. The van der Waals surface area contributed by atoms with Crippen LogP contribution in [0, 0.1) is 17.0 Å². The van der Waals surface area contributed by atoms with Crippen LogP contribution in [0.1, 0.15) is 10.6 Å². The van der Waals surface area contributed by atoms with E-state index in [2.05, 4.69) is 14.9 Å². The number of aryl methyl sites for hydroxylation is 1. The van der Waals surface area contributed by atoms with Crippen molar-refractivity contribution < 1.29 is 18.1 Å². The molecule has 0 radical (unpaired) electrons. The van der Waals surface area contributed by atoms with E-state index >= 15 is 0 Å². The predicted molar refractivity (Wildman–Crippen MR) is 99.3 cm³/mol. The summed E-state index contributed by atoms with van der Waals surface area (Å²) in [5.74, 6) is 0.651. The van der Waals surface area contributed by atoms with Crippen molar-refractivity contribution in [2.45, 2.75) is 18.4 Å². The zero-order valence-electron chi connectivity index (χ0n) is 14.0. The summed E-state index contributed by atoms with van der Waals surface area (Å²) in [5.41, 5.74) is 0.586. The van der Waals surface area contributed by atoms with Crippen LogP contribution in [0.4, 0.5) is 10.8 Å². The molecule has 27 heavy (non-hydrogen) atoms. The molecule has 3 aromatic rings. The molecule has 1 aromatic heterocycles. The van der Waals surface area contributed by atoms with Crippen molar-refractivity contribution in [3.8, 4) is 5.75 Å². The van der Waals surface area contributed by atoms with Gasteiger partial charge >= 0.3 is 0 Å². The van der Waals surface area contributed by atoms with Crippen LogP contribution >= 0.6 is 11.3 Å². The average Bonchev–Trinajstić information content (AvgIpc) is 3.08. The quantitative estimate of drug-likeness (QED) is 0.472. The molecule has 0 unspecified atom stereocenters. The average molecular weight is 406 g/mol. The van der Waals surface area contributed by atoms with Crippen LogP contribution in [0.5, 0.6) is 5.75 Å². The van der Waals surface area contributed by atoms with Gasteiger partial charge in [0.1, 0.15) is 12.4 Å². The van der Waals surface area contributed by atoms with Crippen molar-refractivity contribution in [3.63, 3.8) is 0 Å². The molecule has 0 aliphatic carbocycles. The smallest absolute Gasteiger partial charge is 0.289 e. The Balaban J connectivity index is 1.71. The molecule has 9 nitrogen and oxygen atoms in total. The zero-order valence-corrected chi connectivity index (χ0v) is 15.7. The van der Waals surface area contributed by atoms with E-state index in [1.54, 1.807) is 0 Å². The van der Waals surface area contributed by atoms with Crippen molar-refractivity contribution in [2.24, 2.45) is 0 Å². The van der Waals surface area contributed by atoms with Gasteiger partial charge in [-0.1, -0.05) is 41.2 Å². The molecule has 0 aliphatic rings. The number of hydrogen-bond acceptors (Lipinski definition) is 8. The Bertz CT molecular complexity index is 1060. The summed E-state index contributed by atoms with van der Waals surface area (Å²) < 4.78 is 32.7. The first-order chi connectivity index (χ1) is 12.8. The first kappa shape index (κ1) is 18.7. The maximum Gasteiger partial charge on any atom is 0.289 e. The lowest BCUT2D eigenvalue weighted by molar-refractivity contribution is -0.387. The lowest BCUT2D eigenvalue weighted by atomic mass is 10.2. The molecule has 0 amide bonds. The molecule has 0 bridgehead atoms. The fraction of sp³-hybridized carbons (Fsp3) is 0.125. The molecule has 0 atom stereocenters. The summed E-state index contributed by atoms with van der Waals surface area (Å²) in [6.45, 7) is 2.08. The van der Waals surface area contributed by atoms with Gasteiger partial charge in [0, 0.05) is 6.07 Å². The number of ether oxygens (including phenoxy) is 1. The molecular weight excluding hydrogens is 392 g/mol. The highest BCUT2D eigenvalue weighted by Crippen LogP contribution is 2.26. The third-order valence-electron chi connectivity index (χ3n) is 3.42. The van der Waals surface area contributed by atoms with Gasteiger partial charge in [0.2, 0.25) is 5.13 Å². The fourth-order valence-corrected chi connectivity index (χ4v) is 4.19. The van der Waals surface area contributed by atoms with E-state index in [9.17, 15) is 18.5 Å². The molecule has 0 aliphatic heterocycles. The third-order valence-corrected chi connectivity index (χ3v) is 5.75. The Morgan fingerprint density at radius 1 is 1.15 bits per heavy atom. The lowest BCUT2D eigenvalue weighted by Crippen LogP contribution is -2.14. The van der Waals surface area contributed by atoms with Gasteiger partial charge in [0.05, 0.1) is 4.92 Å². The maximum atomic E-state index is 12.4. The highest BCUT2D eigenvalue weighted by atomic mass is 32.2. The number of nitrogens with one attached hydrogen (secondary N) is 1. The molecule has 2 aromatic carbocycles. The minimum atomic E-state index is -4.17. The van der Waals surface area contributed by atoms with Gasteiger partial charge < -0.3 is 4.74 Å². The van der Waals surface area contributed by atoms with Gasteiger partial charge in [-0.05, 0) is 25.1 Å². The van der Waals surface area contributed by atoms with Crippen LogP contribution in [0.2, 0.25) is 0 Å². The van der Waals surface area contributed by atoms with Crippen molar-refractivity contribution in [1.82, 2.24) is 10.2 Å². The number of nitro benzene ring substituents is 1. The molecular formula is C16H14N4O5S2. The summed E-state index contributed by atoms with van der Waals surface area (Å²) in [4.78, 5) is 9.84. The number of hydrogen-bond donors (Lipinski definition) is 1. The summed E-state index contributed by atoms with van der Waals surface area (Å²) in [5, 5.41) is 19.1. The van der Waals surface area contributed by atoms with Crippen molar-refractivity contribution in [3.05, 3.63) is 69.2 Å². The largest absolute Gasteiger partial charge is 0.486 e. The van der Waals surface area contributed by atoms with Crippen LogP contribution in [-0.4, -0.2) is 23.5 Å². The van der Waals surface area contributed by atoms with E-state index in [1.807, 2.05) is 31.2 Å². The SMILES string of the molecule is Cc1ccc(OCc2nnc(NS(=O)(=O)c3ccccc3[N+](=O)[O-])s2)cc1. The van der Waals surface area contributed by atoms with Gasteiger partial charge in [-0.2, -0.15) is 0 Å². The van der Waals surface area contributed by atoms with E-state index in [1.165, 1.54) is 12.1 Å². The Kier molecular flexibility index (Phi) is 5.33. The van der Waals surface area contributed by atoms with Crippen molar-refractivity contribution >= 4 is 32.2 Å². The third kappa shape index (κ3) is 4.57. The van der Waals surface area contributed by atoms with Crippen molar-refractivity contribution in [1.29, 1.82) is 0 Å². The molecule has 1 heterocycles. The second-order valence-corrected chi connectivity index (χ2v) is 8.15. The number of rotatable bonds is 7. The highest BCUT2D eigenvalue weighted by molar-refractivity contribution is 7.93. The Morgan fingerprint density at radius 3 is 2.56 bits per heavy atom. The molecule has 0 spiro atoms. The normalized spacial score (nSPS) is 11.1. The van der Waals surface area contributed by atoms with Gasteiger partial charge in [0.25, 0.3) is 15.7 Å². The Hall–Kier alpha value is -3.05. The minimum absolute atomic E-state index is 0.00402.